The van der Waals surface area contributed by atoms with Crippen LogP contribution in [0.5, 0.6) is 0 Å². The quantitative estimate of drug-likeness (QED) is 0.715. The molecule has 0 amide bonds. The fraction of sp³-hybridized carbons (Fsp3) is 0.385. The molecule has 0 saturated heterocycles. The van der Waals surface area contributed by atoms with Crippen molar-refractivity contribution in [1.29, 1.82) is 0 Å². The molecule has 0 fully saturated rings. The minimum atomic E-state index is -0.653. The monoisotopic (exact) mass is 221 g/mol. The van der Waals surface area contributed by atoms with E-state index in [0.717, 1.165) is 5.56 Å². The van der Waals surface area contributed by atoms with Gasteiger partial charge in [0.2, 0.25) is 0 Å². The second kappa shape index (κ2) is 7.17. The van der Waals surface area contributed by atoms with Gasteiger partial charge < -0.3 is 15.6 Å². The first-order valence-corrected chi connectivity index (χ1v) is 5.42. The first kappa shape index (κ1) is 12.9. The Kier molecular flexibility index (Phi) is 5.78. The molecule has 1 aromatic carbocycles. The van der Waals surface area contributed by atoms with Crippen LogP contribution in [-0.2, 0) is 11.3 Å². The van der Waals surface area contributed by atoms with Crippen molar-refractivity contribution in [3.63, 3.8) is 0 Å². The van der Waals surface area contributed by atoms with Crippen LogP contribution in [-0.4, -0.2) is 23.9 Å². The number of benzene rings is 1. The summed E-state index contributed by atoms with van der Waals surface area (Å²) in [5.74, 6) is 0. The molecular formula is C13H19NO2. The molecule has 0 aliphatic heterocycles. The van der Waals surface area contributed by atoms with Gasteiger partial charge in [-0.2, -0.15) is 0 Å². The van der Waals surface area contributed by atoms with Gasteiger partial charge in [-0.25, -0.2) is 0 Å². The van der Waals surface area contributed by atoms with E-state index >= 15 is 0 Å². The van der Waals surface area contributed by atoms with E-state index in [1.165, 1.54) is 0 Å². The third-order valence-electron chi connectivity index (χ3n) is 2.26. The van der Waals surface area contributed by atoms with Crippen LogP contribution in [0.25, 0.3) is 0 Å². The highest BCUT2D eigenvalue weighted by atomic mass is 16.5. The lowest BCUT2D eigenvalue weighted by atomic mass is 10.2. The zero-order chi connectivity index (χ0) is 11.8. The zero-order valence-electron chi connectivity index (χ0n) is 9.54. The Morgan fingerprint density at radius 2 is 2.06 bits per heavy atom. The molecule has 1 aromatic rings. The number of rotatable bonds is 6. The number of ether oxygens (including phenoxy) is 1. The molecule has 0 radical (unpaired) electrons. The predicted molar refractivity (Wildman–Crippen MR) is 64.9 cm³/mol. The predicted octanol–water partition coefficient (Wildman–Crippen LogP) is 1.47. The van der Waals surface area contributed by atoms with Crippen LogP contribution in [0.2, 0.25) is 0 Å². The third-order valence-corrected chi connectivity index (χ3v) is 2.26. The van der Waals surface area contributed by atoms with Gasteiger partial charge in [0.05, 0.1) is 25.4 Å². The molecule has 0 unspecified atom stereocenters. The number of hydrogen-bond donors (Lipinski definition) is 2. The van der Waals surface area contributed by atoms with E-state index in [-0.39, 0.29) is 12.6 Å². The van der Waals surface area contributed by atoms with Gasteiger partial charge in [0, 0.05) is 0 Å². The fourth-order valence-electron chi connectivity index (χ4n) is 1.33. The maximum absolute atomic E-state index is 9.63. The van der Waals surface area contributed by atoms with E-state index in [1.54, 1.807) is 6.08 Å². The molecule has 0 aliphatic rings. The Morgan fingerprint density at radius 1 is 1.38 bits per heavy atom. The molecule has 3 N–H and O–H groups in total. The average molecular weight is 221 g/mol. The van der Waals surface area contributed by atoms with Crippen molar-refractivity contribution in [2.24, 2.45) is 5.73 Å². The van der Waals surface area contributed by atoms with Crippen LogP contribution in [0.4, 0.5) is 0 Å². The molecule has 0 saturated carbocycles. The zero-order valence-corrected chi connectivity index (χ0v) is 9.54. The summed E-state index contributed by atoms with van der Waals surface area (Å²) in [5, 5.41) is 9.63. The summed E-state index contributed by atoms with van der Waals surface area (Å²) >= 11 is 0. The molecule has 1 rings (SSSR count). The van der Waals surface area contributed by atoms with E-state index in [0.29, 0.717) is 6.61 Å². The van der Waals surface area contributed by atoms with Crippen LogP contribution in [0.1, 0.15) is 12.5 Å². The van der Waals surface area contributed by atoms with E-state index in [9.17, 15) is 5.11 Å². The first-order valence-electron chi connectivity index (χ1n) is 5.42. The van der Waals surface area contributed by atoms with Gasteiger partial charge in [0.1, 0.15) is 0 Å². The van der Waals surface area contributed by atoms with Crippen molar-refractivity contribution in [3.05, 3.63) is 48.0 Å². The molecule has 16 heavy (non-hydrogen) atoms. The van der Waals surface area contributed by atoms with Crippen molar-refractivity contribution < 1.29 is 9.84 Å². The highest BCUT2D eigenvalue weighted by Crippen LogP contribution is 2.02. The SMILES string of the molecule is C/C=C\[C@@H](N)[C@@H](O)COCc1ccccc1. The standard InChI is InChI=1S/C13H19NO2/c1-2-6-12(14)13(15)10-16-9-11-7-4-3-5-8-11/h2-8,12-13,15H,9-10,14H2,1H3/b6-2-/t12-,13+/m1/s1. The lowest BCUT2D eigenvalue weighted by Gasteiger charge is -2.15. The van der Waals surface area contributed by atoms with Gasteiger partial charge in [-0.1, -0.05) is 42.5 Å². The van der Waals surface area contributed by atoms with Crippen molar-refractivity contribution >= 4 is 0 Å². The topological polar surface area (TPSA) is 55.5 Å². The summed E-state index contributed by atoms with van der Waals surface area (Å²) in [5.41, 5.74) is 6.78. The van der Waals surface area contributed by atoms with Crippen LogP contribution in [0.15, 0.2) is 42.5 Å². The Bertz CT molecular complexity index is 311. The summed E-state index contributed by atoms with van der Waals surface area (Å²) in [7, 11) is 0. The van der Waals surface area contributed by atoms with Crippen LogP contribution >= 0.6 is 0 Å². The Hall–Kier alpha value is -1.16. The summed E-state index contributed by atoms with van der Waals surface area (Å²) < 4.78 is 5.39. The molecule has 2 atom stereocenters. The van der Waals surface area contributed by atoms with Gasteiger partial charge in [-0.3, -0.25) is 0 Å². The molecule has 0 aliphatic carbocycles. The van der Waals surface area contributed by atoms with Crippen molar-refractivity contribution in [3.8, 4) is 0 Å². The number of hydrogen-bond acceptors (Lipinski definition) is 3. The van der Waals surface area contributed by atoms with Crippen LogP contribution in [0.3, 0.4) is 0 Å². The number of allylic oxidation sites excluding steroid dienone is 1. The molecule has 88 valence electrons. The fourth-order valence-corrected chi connectivity index (χ4v) is 1.33. The maximum atomic E-state index is 9.63. The van der Waals surface area contributed by atoms with Crippen LogP contribution in [0, 0.1) is 0 Å². The van der Waals surface area contributed by atoms with E-state index in [2.05, 4.69) is 0 Å². The Balaban J connectivity index is 2.25. The normalized spacial score (nSPS) is 15.2. The third kappa shape index (κ3) is 4.57. The van der Waals surface area contributed by atoms with Gasteiger partial charge >= 0.3 is 0 Å². The number of nitrogens with two attached hydrogens (primary N) is 1. The highest BCUT2D eigenvalue weighted by molar-refractivity contribution is 5.13. The first-order chi connectivity index (χ1) is 7.74. The van der Waals surface area contributed by atoms with E-state index in [4.69, 9.17) is 10.5 Å². The van der Waals surface area contributed by atoms with Crippen LogP contribution < -0.4 is 5.73 Å². The Labute approximate surface area is 96.5 Å². The second-order valence-electron chi connectivity index (χ2n) is 3.67. The maximum Gasteiger partial charge on any atom is 0.0959 e. The molecule has 0 heterocycles. The molecule has 0 aromatic heterocycles. The minimum absolute atomic E-state index is 0.250. The Morgan fingerprint density at radius 3 is 2.69 bits per heavy atom. The largest absolute Gasteiger partial charge is 0.389 e. The summed E-state index contributed by atoms with van der Waals surface area (Å²) in [6.45, 7) is 2.62. The van der Waals surface area contributed by atoms with E-state index < -0.39 is 6.10 Å². The molecule has 0 bridgehead atoms. The van der Waals surface area contributed by atoms with Crippen molar-refractivity contribution in [1.82, 2.24) is 0 Å². The van der Waals surface area contributed by atoms with E-state index in [1.807, 2.05) is 43.3 Å². The van der Waals surface area contributed by atoms with Gasteiger partial charge in [-0.15, -0.1) is 0 Å². The highest BCUT2D eigenvalue weighted by Gasteiger charge is 2.11. The minimum Gasteiger partial charge on any atom is -0.389 e. The molecular weight excluding hydrogens is 202 g/mol. The second-order valence-corrected chi connectivity index (χ2v) is 3.67. The molecule has 3 heteroatoms. The van der Waals surface area contributed by atoms with Gasteiger partial charge in [0.15, 0.2) is 0 Å². The van der Waals surface area contributed by atoms with Gasteiger partial charge in [-0.05, 0) is 12.5 Å². The number of aliphatic hydroxyl groups is 1. The smallest absolute Gasteiger partial charge is 0.0959 e. The molecule has 3 nitrogen and oxygen atoms in total. The average Bonchev–Trinajstić information content (AvgIpc) is 2.30. The summed E-state index contributed by atoms with van der Waals surface area (Å²) in [6.07, 6.45) is 2.93. The lowest BCUT2D eigenvalue weighted by Crippen LogP contribution is -2.36. The number of aliphatic hydroxyl groups excluding tert-OH is 1. The van der Waals surface area contributed by atoms with Crippen molar-refractivity contribution in [2.75, 3.05) is 6.61 Å². The van der Waals surface area contributed by atoms with Crippen molar-refractivity contribution in [2.45, 2.75) is 25.7 Å². The molecule has 0 spiro atoms. The summed E-state index contributed by atoms with van der Waals surface area (Å²) in [6, 6.07) is 9.49. The van der Waals surface area contributed by atoms with Gasteiger partial charge in [0.25, 0.3) is 0 Å². The summed E-state index contributed by atoms with van der Waals surface area (Å²) in [4.78, 5) is 0. The lowest BCUT2D eigenvalue weighted by molar-refractivity contribution is 0.0229.